The van der Waals surface area contributed by atoms with Gasteiger partial charge in [0.05, 0.1) is 5.36 Å². The molecule has 2 aromatic carbocycles. The molecule has 2 aliphatic rings. The van der Waals surface area contributed by atoms with Crippen LogP contribution in [0, 0.1) is 6.92 Å². The van der Waals surface area contributed by atoms with E-state index < -0.39 is 6.17 Å². The first-order valence-corrected chi connectivity index (χ1v) is 13.2. The van der Waals surface area contributed by atoms with Gasteiger partial charge in [-0.2, -0.15) is 0 Å². The van der Waals surface area contributed by atoms with Gasteiger partial charge in [0.2, 0.25) is 6.17 Å². The third kappa shape index (κ3) is 4.42. The van der Waals surface area contributed by atoms with Crippen LogP contribution in [-0.4, -0.2) is 21.8 Å². The minimum Gasteiger partial charge on any atom is -0.457 e. The number of amidine groups is 1. The van der Waals surface area contributed by atoms with E-state index in [1.807, 2.05) is 55.5 Å². The number of amides is 1. The Morgan fingerprint density at radius 2 is 2.06 bits per heavy atom. The molecule has 1 atom stereocenters. The first-order valence-electron chi connectivity index (χ1n) is 11.0. The van der Waals surface area contributed by atoms with Crippen LogP contribution in [0.2, 0.25) is 5.02 Å². The lowest BCUT2D eigenvalue weighted by Crippen LogP contribution is -2.50. The highest BCUT2D eigenvalue weighted by molar-refractivity contribution is 9.10. The fourth-order valence-electron chi connectivity index (χ4n) is 3.81. The molecule has 6 nitrogen and oxygen atoms in total. The predicted molar refractivity (Wildman–Crippen MR) is 140 cm³/mol. The van der Waals surface area contributed by atoms with Crippen molar-refractivity contribution in [3.63, 3.8) is 0 Å². The highest BCUT2D eigenvalue weighted by atomic mass is 79.9. The number of benzene rings is 2. The van der Waals surface area contributed by atoms with Crippen molar-refractivity contribution >= 4 is 56.1 Å². The van der Waals surface area contributed by atoms with Gasteiger partial charge in [-0.3, -0.25) is 10.1 Å². The Labute approximate surface area is 214 Å². The van der Waals surface area contributed by atoms with Crippen LogP contribution in [-0.2, 0) is 4.79 Å². The molecule has 0 aliphatic carbocycles. The Bertz CT molecular complexity index is 1430. The molecule has 3 aromatic rings. The van der Waals surface area contributed by atoms with Gasteiger partial charge in [-0.05, 0) is 55.3 Å². The molecule has 0 radical (unpaired) electrons. The molecule has 0 fully saturated rings. The molecule has 0 bridgehead atoms. The topological polar surface area (TPSA) is 70.2 Å². The summed E-state index contributed by atoms with van der Waals surface area (Å²) in [7, 11) is 0. The van der Waals surface area contributed by atoms with E-state index in [9.17, 15) is 4.79 Å². The summed E-state index contributed by atoms with van der Waals surface area (Å²) < 4.78 is 7.10. The highest BCUT2D eigenvalue weighted by Crippen LogP contribution is 2.35. The van der Waals surface area contributed by atoms with E-state index in [0.717, 1.165) is 39.4 Å². The fourth-order valence-corrected chi connectivity index (χ4v) is 5.29. The van der Waals surface area contributed by atoms with Crippen LogP contribution in [0.15, 0.2) is 67.5 Å². The maximum atomic E-state index is 13.2. The van der Waals surface area contributed by atoms with Crippen LogP contribution in [0.5, 0.6) is 0 Å². The highest BCUT2D eigenvalue weighted by Gasteiger charge is 2.36. The van der Waals surface area contributed by atoms with E-state index in [1.165, 1.54) is 11.8 Å². The molecule has 2 aliphatic heterocycles. The lowest BCUT2D eigenvalue weighted by Gasteiger charge is -2.32. The standard InChI is InChI=1S/C25H22BrClN4O2S/c1-3-4-11-34-25-29-24(32)22-17-13-16(26)7-8-19(17)28-23(31(22)30-25)21-10-9-20(33-21)15-6-5-14(2)18(27)12-15/h5-10,12-13,23H,3-4,11H2,1-2H3,(H,29,30,32)/t23-/m1/s1. The van der Waals surface area contributed by atoms with Gasteiger partial charge in [0.25, 0.3) is 5.91 Å². The van der Waals surface area contributed by atoms with Gasteiger partial charge >= 0.3 is 0 Å². The number of rotatable bonds is 5. The average molecular weight is 558 g/mol. The number of carbonyl (C=O) groups is 1. The summed E-state index contributed by atoms with van der Waals surface area (Å²) in [5, 5.41) is 12.1. The van der Waals surface area contributed by atoms with E-state index >= 15 is 0 Å². The first kappa shape index (κ1) is 23.2. The van der Waals surface area contributed by atoms with E-state index in [1.54, 1.807) is 5.01 Å². The van der Waals surface area contributed by atoms with E-state index in [2.05, 4.69) is 28.2 Å². The van der Waals surface area contributed by atoms with Crippen molar-refractivity contribution in [2.24, 2.45) is 10.1 Å². The zero-order valence-electron chi connectivity index (χ0n) is 18.6. The van der Waals surface area contributed by atoms with Gasteiger partial charge in [-0.25, -0.2) is 10.0 Å². The molecule has 0 unspecified atom stereocenters. The number of hydrazone groups is 1. The molecule has 1 aromatic heterocycles. The number of hydrogen-bond acceptors (Lipinski definition) is 6. The maximum absolute atomic E-state index is 13.2. The second-order valence-electron chi connectivity index (χ2n) is 8.08. The molecule has 34 heavy (non-hydrogen) atoms. The molecule has 5 rings (SSSR count). The number of thioether (sulfide) groups is 1. The van der Waals surface area contributed by atoms with Crippen LogP contribution < -0.4 is 15.9 Å². The number of hydrogen-bond donors (Lipinski definition) is 1. The number of halogens is 2. The summed E-state index contributed by atoms with van der Waals surface area (Å²) in [4.78, 5) is 18.1. The van der Waals surface area contributed by atoms with Crippen LogP contribution in [0.25, 0.3) is 17.0 Å². The quantitative estimate of drug-likeness (QED) is 0.430. The molecule has 0 saturated carbocycles. The van der Waals surface area contributed by atoms with Crippen molar-refractivity contribution in [2.75, 3.05) is 5.75 Å². The van der Waals surface area contributed by atoms with Crippen LogP contribution in [0.1, 0.15) is 37.3 Å². The molecule has 3 heterocycles. The molecule has 174 valence electrons. The summed E-state index contributed by atoms with van der Waals surface area (Å²) in [6.07, 6.45) is 1.51. The monoisotopic (exact) mass is 556 g/mol. The van der Waals surface area contributed by atoms with Gasteiger partial charge < -0.3 is 4.42 Å². The normalized spacial score (nSPS) is 17.0. The number of aryl methyl sites for hydroxylation is 1. The zero-order valence-corrected chi connectivity index (χ0v) is 21.8. The Kier molecular flexibility index (Phi) is 6.55. The lowest BCUT2D eigenvalue weighted by atomic mass is 10.1. The van der Waals surface area contributed by atoms with Crippen LogP contribution in [0.4, 0.5) is 0 Å². The van der Waals surface area contributed by atoms with Crippen molar-refractivity contribution in [3.8, 4) is 11.3 Å². The molecule has 0 saturated heterocycles. The van der Waals surface area contributed by atoms with Crippen LogP contribution in [0.3, 0.4) is 0 Å². The molecule has 9 heteroatoms. The summed E-state index contributed by atoms with van der Waals surface area (Å²) in [5.74, 6) is 1.94. The number of nitrogens with one attached hydrogen (secondary N) is 1. The van der Waals surface area contributed by atoms with Gasteiger partial charge in [-0.15, -0.1) is 5.10 Å². The van der Waals surface area contributed by atoms with Crippen LogP contribution >= 0.6 is 39.3 Å². The lowest BCUT2D eigenvalue weighted by molar-refractivity contribution is -0.116. The number of unbranched alkanes of at least 4 members (excludes halogenated alkanes) is 1. The number of fused-ring (bicyclic) bond motifs is 2. The summed E-state index contributed by atoms with van der Waals surface area (Å²) in [5.41, 5.74) is 2.33. The average Bonchev–Trinajstić information content (AvgIpc) is 3.30. The minimum absolute atomic E-state index is 0.203. The van der Waals surface area contributed by atoms with Crippen molar-refractivity contribution in [1.29, 1.82) is 0 Å². The van der Waals surface area contributed by atoms with Crippen molar-refractivity contribution in [2.45, 2.75) is 32.9 Å². The number of furan rings is 1. The second-order valence-corrected chi connectivity index (χ2v) is 10.5. The largest absolute Gasteiger partial charge is 0.457 e. The van der Waals surface area contributed by atoms with Gasteiger partial charge in [0.1, 0.15) is 11.5 Å². The Morgan fingerprint density at radius 3 is 2.85 bits per heavy atom. The van der Waals surface area contributed by atoms with Gasteiger partial charge in [0.15, 0.2) is 10.9 Å². The minimum atomic E-state index is -0.605. The number of carbonyl (C=O) groups excluding carboxylic acids is 1. The van der Waals surface area contributed by atoms with Gasteiger partial charge in [-0.1, -0.05) is 64.8 Å². The van der Waals surface area contributed by atoms with E-state index in [4.69, 9.17) is 26.1 Å². The van der Waals surface area contributed by atoms with E-state index in [-0.39, 0.29) is 5.91 Å². The van der Waals surface area contributed by atoms with Crippen molar-refractivity contribution in [1.82, 2.24) is 10.3 Å². The van der Waals surface area contributed by atoms with Crippen molar-refractivity contribution in [3.05, 3.63) is 79.9 Å². The molecular weight excluding hydrogens is 536 g/mol. The maximum Gasteiger partial charge on any atom is 0.276 e. The zero-order chi connectivity index (χ0) is 23.8. The smallest absolute Gasteiger partial charge is 0.276 e. The number of nitrogens with zero attached hydrogens (tertiary/aromatic N) is 3. The first-order chi connectivity index (χ1) is 16.4. The van der Waals surface area contributed by atoms with E-state index in [0.29, 0.717) is 32.8 Å². The third-order valence-electron chi connectivity index (χ3n) is 5.64. The predicted octanol–water partition coefficient (Wildman–Crippen LogP) is 5.35. The Balaban J connectivity index is 1.60. The van der Waals surface area contributed by atoms with Crippen molar-refractivity contribution < 1.29 is 9.21 Å². The molecule has 0 spiro atoms. The SMILES string of the molecule is CCCCSC1=NN2C(=c3cc(Br)ccc3=N[C@H]2c2ccc(-c3ccc(C)c(Cl)c3)o2)C(=O)N1. The summed E-state index contributed by atoms with van der Waals surface area (Å²) >= 11 is 11.4. The molecule has 1 N–H and O–H groups in total. The molecule has 1 amide bonds. The fraction of sp³-hybridized carbons (Fsp3) is 0.240. The second kappa shape index (κ2) is 9.60. The Morgan fingerprint density at radius 1 is 1.21 bits per heavy atom. The summed E-state index contributed by atoms with van der Waals surface area (Å²) in [6.45, 7) is 4.10. The van der Waals surface area contributed by atoms with Gasteiger partial charge in [0, 0.05) is 26.0 Å². The Hall–Kier alpha value is -2.55. The molecular formula is C25H22BrClN4O2S. The summed E-state index contributed by atoms with van der Waals surface area (Å²) in [6, 6.07) is 15.3. The third-order valence-corrected chi connectivity index (χ3v) is 7.49.